The lowest BCUT2D eigenvalue weighted by molar-refractivity contribution is 0.761. The van der Waals surface area contributed by atoms with Crippen LogP contribution in [0.25, 0.3) is 5.69 Å². The summed E-state index contributed by atoms with van der Waals surface area (Å²) >= 11 is 3.36. The Kier molecular flexibility index (Phi) is 3.11. The summed E-state index contributed by atoms with van der Waals surface area (Å²) in [5, 5.41) is 3.05. The first-order valence-corrected chi connectivity index (χ1v) is 6.16. The van der Waals surface area contributed by atoms with Crippen molar-refractivity contribution in [1.29, 1.82) is 0 Å². The average Bonchev–Trinajstić information content (AvgIpc) is 2.58. The van der Waals surface area contributed by atoms with Crippen LogP contribution in [0.3, 0.4) is 0 Å². The maximum absolute atomic E-state index is 12.0. The number of anilines is 1. The molecule has 4 nitrogen and oxygen atoms in total. The van der Waals surface area contributed by atoms with Crippen LogP contribution in [0.5, 0.6) is 0 Å². The smallest absolute Gasteiger partial charge is 0.294 e. The predicted octanol–water partition coefficient (Wildman–Crippen LogP) is 2.63. The van der Waals surface area contributed by atoms with Gasteiger partial charge in [-0.25, -0.2) is 4.68 Å². The number of nitrogens with one attached hydrogen (secondary N) is 1. The van der Waals surface area contributed by atoms with Gasteiger partial charge in [-0.3, -0.25) is 9.89 Å². The molecule has 0 radical (unpaired) electrons. The van der Waals surface area contributed by atoms with Gasteiger partial charge in [0.25, 0.3) is 5.56 Å². The number of aromatic nitrogens is 2. The summed E-state index contributed by atoms with van der Waals surface area (Å²) in [5.74, 6) is 0.194. The van der Waals surface area contributed by atoms with Crippen molar-refractivity contribution in [2.45, 2.75) is 19.8 Å². The number of hydrogen-bond acceptors (Lipinski definition) is 2. The Hall–Kier alpha value is -1.49. The predicted molar refractivity (Wildman–Crippen MR) is 72.6 cm³/mol. The van der Waals surface area contributed by atoms with Gasteiger partial charge in [0.1, 0.15) is 5.69 Å². The van der Waals surface area contributed by atoms with E-state index in [1.165, 1.54) is 4.68 Å². The van der Waals surface area contributed by atoms with Gasteiger partial charge in [-0.1, -0.05) is 29.8 Å². The molecule has 2 aromatic rings. The van der Waals surface area contributed by atoms with Gasteiger partial charge < -0.3 is 5.73 Å². The summed E-state index contributed by atoms with van der Waals surface area (Å²) in [6.07, 6.45) is 0. The summed E-state index contributed by atoms with van der Waals surface area (Å²) in [6, 6.07) is 7.47. The number of aromatic amines is 1. The van der Waals surface area contributed by atoms with Crippen LogP contribution in [0.15, 0.2) is 33.5 Å². The van der Waals surface area contributed by atoms with E-state index in [4.69, 9.17) is 5.73 Å². The van der Waals surface area contributed by atoms with E-state index in [0.717, 1.165) is 15.9 Å². The molecule has 0 spiro atoms. The molecule has 90 valence electrons. The van der Waals surface area contributed by atoms with Crippen LogP contribution in [0.2, 0.25) is 0 Å². The average molecular weight is 296 g/mol. The minimum Gasteiger partial charge on any atom is -0.393 e. The lowest BCUT2D eigenvalue weighted by Gasteiger charge is -2.03. The summed E-state index contributed by atoms with van der Waals surface area (Å²) in [7, 11) is 0. The molecule has 0 fully saturated rings. The van der Waals surface area contributed by atoms with Gasteiger partial charge in [-0.05, 0) is 30.2 Å². The topological polar surface area (TPSA) is 63.8 Å². The summed E-state index contributed by atoms with van der Waals surface area (Å²) in [4.78, 5) is 12.0. The zero-order valence-corrected chi connectivity index (χ0v) is 11.3. The summed E-state index contributed by atoms with van der Waals surface area (Å²) < 4.78 is 2.44. The molecule has 5 heteroatoms. The Morgan fingerprint density at radius 2 is 1.88 bits per heavy atom. The quantitative estimate of drug-likeness (QED) is 0.894. The van der Waals surface area contributed by atoms with E-state index >= 15 is 0 Å². The van der Waals surface area contributed by atoms with Gasteiger partial charge in [0, 0.05) is 4.47 Å². The highest BCUT2D eigenvalue weighted by Gasteiger charge is 2.14. The van der Waals surface area contributed by atoms with Gasteiger partial charge in [0.05, 0.1) is 11.4 Å². The maximum Gasteiger partial charge on any atom is 0.294 e. The zero-order chi connectivity index (χ0) is 12.6. The molecule has 3 N–H and O–H groups in total. The van der Waals surface area contributed by atoms with Crippen molar-refractivity contribution in [1.82, 2.24) is 9.78 Å². The molecule has 1 aromatic carbocycles. The Labute approximate surface area is 108 Å². The Bertz CT molecular complexity index is 581. The van der Waals surface area contributed by atoms with Gasteiger partial charge >= 0.3 is 0 Å². The molecule has 0 saturated heterocycles. The van der Waals surface area contributed by atoms with Crippen molar-refractivity contribution in [3.05, 3.63) is 44.8 Å². The molecular formula is C12H14BrN3O. The highest BCUT2D eigenvalue weighted by Crippen LogP contribution is 2.18. The molecule has 0 saturated carbocycles. The molecule has 0 unspecified atom stereocenters. The Morgan fingerprint density at radius 1 is 1.29 bits per heavy atom. The van der Waals surface area contributed by atoms with E-state index in [1.54, 1.807) is 0 Å². The van der Waals surface area contributed by atoms with Crippen LogP contribution in [-0.2, 0) is 0 Å². The molecule has 0 aliphatic rings. The summed E-state index contributed by atoms with van der Waals surface area (Å²) in [5.41, 5.74) is 7.44. The number of halogens is 1. The number of hydrogen-bond donors (Lipinski definition) is 2. The third-order valence-corrected chi connectivity index (χ3v) is 3.15. The van der Waals surface area contributed by atoms with Crippen LogP contribution in [0.4, 0.5) is 5.69 Å². The highest BCUT2D eigenvalue weighted by molar-refractivity contribution is 9.10. The molecule has 0 amide bonds. The van der Waals surface area contributed by atoms with E-state index < -0.39 is 0 Å². The Morgan fingerprint density at radius 3 is 2.35 bits per heavy atom. The first-order valence-electron chi connectivity index (χ1n) is 5.37. The van der Waals surface area contributed by atoms with Crippen LogP contribution in [0, 0.1) is 0 Å². The third-order valence-electron chi connectivity index (χ3n) is 2.62. The fourth-order valence-electron chi connectivity index (χ4n) is 1.68. The highest BCUT2D eigenvalue weighted by atomic mass is 79.9. The molecule has 0 aliphatic heterocycles. The van der Waals surface area contributed by atoms with Crippen LogP contribution < -0.4 is 11.3 Å². The molecule has 1 aromatic heterocycles. The molecule has 0 atom stereocenters. The van der Waals surface area contributed by atoms with Crippen molar-refractivity contribution >= 4 is 21.6 Å². The van der Waals surface area contributed by atoms with E-state index in [1.807, 2.05) is 38.1 Å². The van der Waals surface area contributed by atoms with E-state index in [9.17, 15) is 4.79 Å². The Balaban J connectivity index is 2.57. The number of H-pyrrole nitrogens is 1. The number of nitrogens with two attached hydrogens (primary N) is 1. The number of nitrogens with zero attached hydrogens (tertiary/aromatic N) is 1. The number of nitrogen functional groups attached to an aromatic ring is 1. The lowest BCUT2D eigenvalue weighted by atomic mass is 10.1. The number of benzene rings is 1. The van der Waals surface area contributed by atoms with Crippen molar-refractivity contribution in [3.63, 3.8) is 0 Å². The fraction of sp³-hybridized carbons (Fsp3) is 0.250. The maximum atomic E-state index is 12.0. The first kappa shape index (κ1) is 12.0. The minimum absolute atomic E-state index is 0.194. The van der Waals surface area contributed by atoms with Gasteiger partial charge in [-0.2, -0.15) is 0 Å². The molecule has 2 rings (SSSR count). The zero-order valence-electron chi connectivity index (χ0n) is 9.70. The normalized spacial score (nSPS) is 11.1. The second-order valence-electron chi connectivity index (χ2n) is 4.21. The molecule has 0 bridgehead atoms. The SMILES string of the molecule is CC(C)c1[nH]n(-c2ccc(Br)cc2)c(=O)c1N. The van der Waals surface area contributed by atoms with E-state index in [2.05, 4.69) is 21.0 Å². The molecule has 1 heterocycles. The standard InChI is InChI=1S/C12H14BrN3O/c1-7(2)11-10(14)12(17)16(15-11)9-5-3-8(13)4-6-9/h3-7,15H,14H2,1-2H3. The van der Waals surface area contributed by atoms with Gasteiger partial charge in [0.15, 0.2) is 0 Å². The minimum atomic E-state index is -0.198. The van der Waals surface area contributed by atoms with Crippen LogP contribution in [0.1, 0.15) is 25.5 Å². The molecule has 17 heavy (non-hydrogen) atoms. The van der Waals surface area contributed by atoms with Crippen molar-refractivity contribution in [2.75, 3.05) is 5.73 Å². The second kappa shape index (κ2) is 4.41. The van der Waals surface area contributed by atoms with Crippen LogP contribution in [-0.4, -0.2) is 9.78 Å². The summed E-state index contributed by atoms with van der Waals surface area (Å²) in [6.45, 7) is 3.99. The second-order valence-corrected chi connectivity index (χ2v) is 5.13. The van der Waals surface area contributed by atoms with E-state index in [0.29, 0.717) is 5.69 Å². The van der Waals surface area contributed by atoms with Gasteiger partial charge in [0.2, 0.25) is 0 Å². The van der Waals surface area contributed by atoms with Crippen molar-refractivity contribution in [3.8, 4) is 5.69 Å². The molecular weight excluding hydrogens is 282 g/mol. The van der Waals surface area contributed by atoms with Gasteiger partial charge in [-0.15, -0.1) is 0 Å². The lowest BCUT2D eigenvalue weighted by Crippen LogP contribution is -2.16. The van der Waals surface area contributed by atoms with Crippen molar-refractivity contribution < 1.29 is 0 Å². The number of rotatable bonds is 2. The fourth-order valence-corrected chi connectivity index (χ4v) is 1.94. The molecule has 0 aliphatic carbocycles. The third kappa shape index (κ3) is 2.15. The van der Waals surface area contributed by atoms with E-state index in [-0.39, 0.29) is 11.5 Å². The first-order chi connectivity index (χ1) is 8.00. The monoisotopic (exact) mass is 295 g/mol. The van der Waals surface area contributed by atoms with Crippen molar-refractivity contribution in [2.24, 2.45) is 0 Å². The largest absolute Gasteiger partial charge is 0.393 e. The van der Waals surface area contributed by atoms with Crippen LogP contribution >= 0.6 is 15.9 Å².